The molecule has 37 valence electrons. The van der Waals surface area contributed by atoms with Gasteiger partial charge in [0.05, 0.1) is 0 Å². The van der Waals surface area contributed by atoms with Crippen molar-refractivity contribution in [3.8, 4) is 0 Å². The molecule has 0 aromatic heterocycles. The summed E-state index contributed by atoms with van der Waals surface area (Å²) < 4.78 is 0. The zero-order valence-corrected chi connectivity index (χ0v) is 8.46. The molecule has 0 N–H and O–H groups in total. The van der Waals surface area contributed by atoms with Crippen molar-refractivity contribution in [1.29, 1.82) is 0 Å². The Hall–Kier alpha value is 1.10. The van der Waals surface area contributed by atoms with Crippen LogP contribution in [0.3, 0.4) is 0 Å². The molecular weight excluding hydrogens is 167 g/mol. The second kappa shape index (κ2) is 9.44. The van der Waals surface area contributed by atoms with Gasteiger partial charge in [-0.05, 0) is 0 Å². The van der Waals surface area contributed by atoms with Crippen LogP contribution in [0.4, 0.5) is 0 Å². The molecule has 0 aliphatic rings. The molecule has 0 atom stereocenters. The van der Waals surface area contributed by atoms with Gasteiger partial charge in [0.2, 0.25) is 0 Å². The average Bonchev–Trinajstić information content (AvgIpc) is 0.811. The fourth-order valence-corrected chi connectivity index (χ4v) is 0. The van der Waals surface area contributed by atoms with Gasteiger partial charge in [-0.25, -0.2) is 0 Å². The summed E-state index contributed by atoms with van der Waals surface area (Å²) >= 11 is 0. The van der Waals surface area contributed by atoms with Gasteiger partial charge in [0.25, 0.3) is 0 Å². The van der Waals surface area contributed by atoms with Crippen LogP contribution in [-0.2, 0) is 26.2 Å². The average molecular weight is 179 g/mol. The van der Waals surface area contributed by atoms with E-state index in [-0.39, 0.29) is 42.4 Å². The molecule has 0 amide bonds. The molecule has 0 unspecified atom stereocenters. The summed E-state index contributed by atoms with van der Waals surface area (Å²) in [6.45, 7) is 6.81. The smallest absolute Gasteiger partial charge is 0.0379 e. The summed E-state index contributed by atoms with van der Waals surface area (Å²) in [5, 5.41) is 0. The van der Waals surface area contributed by atoms with Crippen LogP contribution in [0.25, 0.3) is 0 Å². The van der Waals surface area contributed by atoms with Crippen LogP contribution in [0.2, 0.25) is 19.6 Å². The fourth-order valence-electron chi connectivity index (χ4n) is 0. The number of hydrogen-bond donors (Lipinski definition) is 0. The third kappa shape index (κ3) is 70.9. The molecule has 0 bridgehead atoms. The number of hydrogen-bond acceptors (Lipinski definition) is 0. The van der Waals surface area contributed by atoms with Crippen LogP contribution in [0, 0.1) is 7.43 Å². The Kier molecular flexibility index (Phi) is 24.7. The van der Waals surface area contributed by atoms with E-state index < -0.39 is 0 Å². The summed E-state index contributed by atoms with van der Waals surface area (Å²) in [5.41, 5.74) is 0. The second-order valence-electron chi connectivity index (χ2n) is 1.50. The molecule has 0 spiro atoms. The van der Waals surface area contributed by atoms with Gasteiger partial charge in [-0.1, -0.05) is 19.6 Å². The Morgan fingerprint density at radius 2 is 1.00 bits per heavy atom. The van der Waals surface area contributed by atoms with Crippen molar-refractivity contribution >= 4 is 8.80 Å². The summed E-state index contributed by atoms with van der Waals surface area (Å²) in [6.07, 6.45) is 0. The monoisotopic (exact) mass is 178 g/mol. The van der Waals surface area contributed by atoms with Gasteiger partial charge in [-0.2, -0.15) is 0 Å². The minimum absolute atomic E-state index is 0. The van der Waals surface area contributed by atoms with Gasteiger partial charge in [-0.3, -0.25) is 0 Å². The van der Waals surface area contributed by atoms with Crippen LogP contribution in [0.5, 0.6) is 0 Å². The predicted octanol–water partition coefficient (Wildman–Crippen LogP) is 1.82. The summed E-state index contributed by atoms with van der Waals surface area (Å²) in [6, 6.07) is 0. The zero-order chi connectivity index (χ0) is 3.58. The first kappa shape index (κ1) is 15.7. The maximum atomic E-state index is 2.27. The maximum absolute atomic E-state index is 2.27. The van der Waals surface area contributed by atoms with Crippen LogP contribution >= 0.6 is 0 Å². The molecule has 0 aliphatic heterocycles. The molecule has 0 saturated heterocycles. The Balaban J connectivity index is -0.0000000450. The first-order chi connectivity index (χ1) is 1.73. The van der Waals surface area contributed by atoms with E-state index in [1.807, 2.05) is 0 Å². The SMILES string of the molecule is C[Si](C)C.[CH3-].[Zr]. The van der Waals surface area contributed by atoms with Crippen molar-refractivity contribution in [2.75, 3.05) is 0 Å². The maximum Gasteiger partial charge on any atom is 0.0379 e. The van der Waals surface area contributed by atoms with E-state index in [0.29, 0.717) is 0 Å². The van der Waals surface area contributed by atoms with E-state index >= 15 is 0 Å². The third-order valence-corrected chi connectivity index (χ3v) is 0. The molecule has 0 heterocycles. The Bertz CT molecular complexity index is 12.3. The molecule has 0 fully saturated rings. The third-order valence-electron chi connectivity index (χ3n) is 0. The number of rotatable bonds is 0. The van der Waals surface area contributed by atoms with Crippen molar-refractivity contribution in [3.63, 3.8) is 0 Å². The topological polar surface area (TPSA) is 0 Å². The minimum Gasteiger partial charge on any atom is -0.358 e. The van der Waals surface area contributed by atoms with Crippen LogP contribution < -0.4 is 0 Å². The van der Waals surface area contributed by atoms with Gasteiger partial charge < -0.3 is 7.43 Å². The molecule has 1 radical (unpaired) electrons. The van der Waals surface area contributed by atoms with E-state index in [2.05, 4.69) is 19.6 Å². The molecule has 0 aromatic rings. The van der Waals surface area contributed by atoms with Crippen molar-refractivity contribution < 1.29 is 26.2 Å². The fraction of sp³-hybridized carbons (Fsp3) is 0.750. The molecule has 2 heteroatoms. The van der Waals surface area contributed by atoms with Gasteiger partial charge in [0.1, 0.15) is 0 Å². The minimum atomic E-state index is 0. The Morgan fingerprint density at radius 1 is 1.00 bits per heavy atom. The van der Waals surface area contributed by atoms with Crippen molar-refractivity contribution in [1.82, 2.24) is 0 Å². The van der Waals surface area contributed by atoms with Gasteiger partial charge in [0.15, 0.2) is 0 Å². The van der Waals surface area contributed by atoms with E-state index in [0.717, 1.165) is 0 Å². The van der Waals surface area contributed by atoms with Crippen LogP contribution in [-0.4, -0.2) is 8.80 Å². The Morgan fingerprint density at radius 3 is 1.00 bits per heavy atom. The van der Waals surface area contributed by atoms with Crippen molar-refractivity contribution in [3.05, 3.63) is 7.43 Å². The van der Waals surface area contributed by atoms with Crippen LogP contribution in [0.15, 0.2) is 0 Å². The predicted molar refractivity (Wildman–Crippen MR) is 29.8 cm³/mol. The van der Waals surface area contributed by atoms with Crippen molar-refractivity contribution in [2.24, 2.45) is 0 Å². The largest absolute Gasteiger partial charge is 0.358 e. The van der Waals surface area contributed by atoms with Gasteiger partial charge in [-0.15, -0.1) is 0 Å². The quantitative estimate of drug-likeness (QED) is 0.393. The molecule has 0 rings (SSSR count). The molecule has 6 heavy (non-hydrogen) atoms. The van der Waals surface area contributed by atoms with Gasteiger partial charge in [0, 0.05) is 35.0 Å². The molecule has 0 saturated carbocycles. The summed E-state index contributed by atoms with van der Waals surface area (Å²) in [5.74, 6) is 0. The van der Waals surface area contributed by atoms with E-state index in [4.69, 9.17) is 0 Å². The first-order valence-corrected chi connectivity index (χ1v) is 4.50. The normalized spacial score (nSPS) is 6.00. The standard InChI is InChI=1S/C3H9Si.CH3.Zr/c1-4(2)3;;/h1-3H3;1H3;/q;-1;. The van der Waals surface area contributed by atoms with E-state index in [1.54, 1.807) is 0 Å². The van der Waals surface area contributed by atoms with Crippen molar-refractivity contribution in [2.45, 2.75) is 19.6 Å². The van der Waals surface area contributed by atoms with E-state index in [1.165, 1.54) is 0 Å². The van der Waals surface area contributed by atoms with Gasteiger partial charge >= 0.3 is 0 Å². The molecule has 0 nitrogen and oxygen atoms in total. The molecular formula is C4H12SiZr-. The zero-order valence-electron chi connectivity index (χ0n) is 5.00. The van der Waals surface area contributed by atoms with Crippen LogP contribution in [0.1, 0.15) is 0 Å². The summed E-state index contributed by atoms with van der Waals surface area (Å²) in [7, 11) is 0.120. The second-order valence-corrected chi connectivity index (χ2v) is 4.50. The summed E-state index contributed by atoms with van der Waals surface area (Å²) in [4.78, 5) is 0. The molecule has 0 aliphatic carbocycles. The Labute approximate surface area is 62.1 Å². The van der Waals surface area contributed by atoms with E-state index in [9.17, 15) is 0 Å². The molecule has 0 aromatic carbocycles. The first-order valence-electron chi connectivity index (χ1n) is 1.50.